The molecule has 0 atom stereocenters. The SMILES string of the molecule is CCS(=O)(=O)Nc1ccc(C(=O)C=Cc2cccc(O)c2)cc1. The van der Waals surface area contributed by atoms with Crippen molar-refractivity contribution in [3.63, 3.8) is 0 Å². The zero-order valence-electron chi connectivity index (χ0n) is 12.6. The molecule has 0 heterocycles. The zero-order valence-corrected chi connectivity index (χ0v) is 13.4. The third-order valence-electron chi connectivity index (χ3n) is 3.12. The fourth-order valence-electron chi connectivity index (χ4n) is 1.85. The molecule has 2 aromatic carbocycles. The standard InChI is InChI=1S/C17H17NO4S/c1-2-23(21,22)18-15-9-7-14(8-10-15)17(20)11-6-13-4-3-5-16(19)12-13/h3-12,18-19H,2H2,1H3. The van der Waals surface area contributed by atoms with Crippen molar-refractivity contribution in [3.8, 4) is 5.75 Å². The second kappa shape index (κ2) is 7.11. The average molecular weight is 331 g/mol. The number of carbonyl (C=O) groups excluding carboxylic acids is 1. The minimum absolute atomic E-state index is 0.0136. The van der Waals surface area contributed by atoms with E-state index in [1.807, 2.05) is 0 Å². The molecule has 0 aliphatic rings. The van der Waals surface area contributed by atoms with Gasteiger partial charge in [0, 0.05) is 11.3 Å². The number of carbonyl (C=O) groups is 1. The first kappa shape index (κ1) is 16.8. The van der Waals surface area contributed by atoms with Gasteiger partial charge in [0.15, 0.2) is 5.78 Å². The monoisotopic (exact) mass is 331 g/mol. The van der Waals surface area contributed by atoms with E-state index in [9.17, 15) is 18.3 Å². The number of benzene rings is 2. The van der Waals surface area contributed by atoms with Crippen molar-refractivity contribution >= 4 is 27.6 Å². The first-order chi connectivity index (χ1) is 10.9. The van der Waals surface area contributed by atoms with E-state index in [1.165, 1.54) is 6.08 Å². The Balaban J connectivity index is 2.08. The first-order valence-electron chi connectivity index (χ1n) is 7.01. The predicted octanol–water partition coefficient (Wildman–Crippen LogP) is 3.05. The largest absolute Gasteiger partial charge is 0.508 e. The van der Waals surface area contributed by atoms with Crippen LogP contribution >= 0.6 is 0 Å². The van der Waals surface area contributed by atoms with E-state index in [2.05, 4.69) is 4.72 Å². The lowest BCUT2D eigenvalue weighted by atomic mass is 10.1. The number of hydrogen-bond donors (Lipinski definition) is 2. The van der Waals surface area contributed by atoms with Crippen LogP contribution in [0.5, 0.6) is 5.75 Å². The van der Waals surface area contributed by atoms with Crippen LogP contribution in [0.25, 0.3) is 6.08 Å². The Labute approximate surface area is 135 Å². The Hall–Kier alpha value is -2.60. The second-order valence-electron chi connectivity index (χ2n) is 4.88. The van der Waals surface area contributed by atoms with E-state index in [4.69, 9.17) is 0 Å². The lowest BCUT2D eigenvalue weighted by molar-refractivity contribution is 0.104. The third-order valence-corrected chi connectivity index (χ3v) is 4.43. The van der Waals surface area contributed by atoms with Crippen LogP contribution in [-0.2, 0) is 10.0 Å². The third kappa shape index (κ3) is 4.96. The maximum atomic E-state index is 12.1. The molecule has 0 fully saturated rings. The van der Waals surface area contributed by atoms with Gasteiger partial charge in [-0.3, -0.25) is 9.52 Å². The van der Waals surface area contributed by atoms with Crippen molar-refractivity contribution in [2.75, 3.05) is 10.5 Å². The van der Waals surface area contributed by atoms with Crippen LogP contribution in [0.4, 0.5) is 5.69 Å². The summed E-state index contributed by atoms with van der Waals surface area (Å²) in [6, 6.07) is 12.8. The molecule has 0 aliphatic carbocycles. The number of aromatic hydroxyl groups is 1. The van der Waals surface area contributed by atoms with Gasteiger partial charge in [0.1, 0.15) is 5.75 Å². The molecule has 0 amide bonds. The highest BCUT2D eigenvalue weighted by Gasteiger charge is 2.07. The lowest BCUT2D eigenvalue weighted by Crippen LogP contribution is -2.14. The molecule has 0 bridgehead atoms. The number of sulfonamides is 1. The van der Waals surface area contributed by atoms with Crippen LogP contribution in [-0.4, -0.2) is 25.1 Å². The van der Waals surface area contributed by atoms with Gasteiger partial charge in [-0.1, -0.05) is 18.2 Å². The summed E-state index contributed by atoms with van der Waals surface area (Å²) in [7, 11) is -3.33. The predicted molar refractivity (Wildman–Crippen MR) is 91.0 cm³/mol. The summed E-state index contributed by atoms with van der Waals surface area (Å²) in [5.74, 6) is -0.0919. The van der Waals surface area contributed by atoms with E-state index in [1.54, 1.807) is 61.5 Å². The summed E-state index contributed by atoms with van der Waals surface area (Å²) in [6.45, 7) is 1.55. The molecule has 120 valence electrons. The normalized spacial score (nSPS) is 11.5. The van der Waals surface area contributed by atoms with Crippen molar-refractivity contribution in [3.05, 3.63) is 65.7 Å². The van der Waals surface area contributed by atoms with Gasteiger partial charge in [-0.05, 0) is 55.0 Å². The molecule has 0 saturated heterocycles. The van der Waals surface area contributed by atoms with Crippen LogP contribution in [0.15, 0.2) is 54.6 Å². The first-order valence-corrected chi connectivity index (χ1v) is 8.67. The number of anilines is 1. The quantitative estimate of drug-likeness (QED) is 0.629. The molecule has 23 heavy (non-hydrogen) atoms. The minimum atomic E-state index is -3.33. The highest BCUT2D eigenvalue weighted by Crippen LogP contribution is 2.15. The van der Waals surface area contributed by atoms with Crippen molar-refractivity contribution in [2.45, 2.75) is 6.92 Å². The van der Waals surface area contributed by atoms with Gasteiger partial charge in [-0.15, -0.1) is 0 Å². The zero-order chi connectivity index (χ0) is 16.9. The molecule has 0 unspecified atom stereocenters. The number of allylic oxidation sites excluding steroid dienone is 1. The van der Waals surface area contributed by atoms with E-state index in [0.717, 1.165) is 0 Å². The van der Waals surface area contributed by atoms with Gasteiger partial charge in [0.2, 0.25) is 10.0 Å². The molecule has 0 radical (unpaired) electrons. The summed E-state index contributed by atoms with van der Waals surface area (Å²) in [5, 5.41) is 9.36. The fraction of sp³-hybridized carbons (Fsp3) is 0.118. The molecule has 2 aromatic rings. The molecule has 0 saturated carbocycles. The summed E-state index contributed by atoms with van der Waals surface area (Å²) in [5.41, 5.74) is 1.58. The lowest BCUT2D eigenvalue weighted by Gasteiger charge is -2.06. The second-order valence-corrected chi connectivity index (χ2v) is 6.89. The topological polar surface area (TPSA) is 83.5 Å². The molecule has 2 N–H and O–H groups in total. The maximum absolute atomic E-state index is 12.1. The smallest absolute Gasteiger partial charge is 0.232 e. The number of phenols is 1. The van der Waals surface area contributed by atoms with Crippen molar-refractivity contribution in [1.82, 2.24) is 0 Å². The number of hydrogen-bond acceptors (Lipinski definition) is 4. The average Bonchev–Trinajstić information content (AvgIpc) is 2.53. The Morgan fingerprint density at radius 1 is 1.17 bits per heavy atom. The summed E-state index contributed by atoms with van der Waals surface area (Å²) < 4.78 is 25.3. The summed E-state index contributed by atoms with van der Waals surface area (Å²) >= 11 is 0. The minimum Gasteiger partial charge on any atom is -0.508 e. The van der Waals surface area contributed by atoms with Crippen molar-refractivity contribution < 1.29 is 18.3 Å². The Morgan fingerprint density at radius 3 is 2.48 bits per heavy atom. The molecule has 5 nitrogen and oxygen atoms in total. The summed E-state index contributed by atoms with van der Waals surface area (Å²) in [6.07, 6.45) is 3.01. The molecule has 0 spiro atoms. The Kier molecular flexibility index (Phi) is 5.18. The van der Waals surface area contributed by atoms with Gasteiger partial charge in [0.25, 0.3) is 0 Å². The van der Waals surface area contributed by atoms with E-state index in [-0.39, 0.29) is 17.3 Å². The number of nitrogens with one attached hydrogen (secondary N) is 1. The molecule has 2 rings (SSSR count). The van der Waals surface area contributed by atoms with E-state index >= 15 is 0 Å². The van der Waals surface area contributed by atoms with Gasteiger partial charge in [-0.25, -0.2) is 8.42 Å². The van der Waals surface area contributed by atoms with Gasteiger partial charge < -0.3 is 5.11 Å². The molecule has 0 aromatic heterocycles. The van der Waals surface area contributed by atoms with Crippen LogP contribution < -0.4 is 4.72 Å². The highest BCUT2D eigenvalue weighted by molar-refractivity contribution is 7.92. The van der Waals surface area contributed by atoms with Gasteiger partial charge in [0.05, 0.1) is 5.75 Å². The molecular weight excluding hydrogens is 314 g/mol. The van der Waals surface area contributed by atoms with Gasteiger partial charge in [-0.2, -0.15) is 0 Å². The fourth-order valence-corrected chi connectivity index (χ4v) is 2.49. The van der Waals surface area contributed by atoms with Crippen molar-refractivity contribution in [1.29, 1.82) is 0 Å². The molecule has 6 heteroatoms. The van der Waals surface area contributed by atoms with Crippen LogP contribution in [0.3, 0.4) is 0 Å². The van der Waals surface area contributed by atoms with Crippen LogP contribution in [0, 0.1) is 0 Å². The van der Waals surface area contributed by atoms with Crippen molar-refractivity contribution in [2.24, 2.45) is 0 Å². The number of ketones is 1. The molecular formula is C17H17NO4S. The summed E-state index contributed by atoms with van der Waals surface area (Å²) in [4.78, 5) is 12.1. The van der Waals surface area contributed by atoms with E-state index < -0.39 is 10.0 Å². The highest BCUT2D eigenvalue weighted by atomic mass is 32.2. The number of rotatable bonds is 6. The molecule has 0 aliphatic heterocycles. The Morgan fingerprint density at radius 2 is 1.87 bits per heavy atom. The van der Waals surface area contributed by atoms with Crippen LogP contribution in [0.2, 0.25) is 0 Å². The van der Waals surface area contributed by atoms with Crippen LogP contribution in [0.1, 0.15) is 22.8 Å². The number of phenolic OH excluding ortho intramolecular Hbond substituents is 1. The van der Waals surface area contributed by atoms with E-state index in [0.29, 0.717) is 16.8 Å². The van der Waals surface area contributed by atoms with Gasteiger partial charge >= 0.3 is 0 Å². The maximum Gasteiger partial charge on any atom is 0.232 e. The Bertz CT molecular complexity index is 824.